The first-order chi connectivity index (χ1) is 11.5. The molecule has 0 radical (unpaired) electrons. The number of halogens is 2. The number of hydrogen-bond acceptors (Lipinski definition) is 4. The minimum Gasteiger partial charge on any atom is -0.488 e. The van der Waals surface area contributed by atoms with Crippen LogP contribution in [0.2, 0.25) is 5.02 Å². The molecule has 0 bridgehead atoms. The topological polar surface area (TPSA) is 58.6 Å². The van der Waals surface area contributed by atoms with Crippen LogP contribution in [0, 0.1) is 0 Å². The number of carbonyl (C=O) groups is 1. The second kappa shape index (κ2) is 7.78. The third kappa shape index (κ3) is 4.25. The Morgan fingerprint density at radius 2 is 2.21 bits per heavy atom. The molecular formula is C17H15BrClNO3S. The first kappa shape index (κ1) is 17.6. The molecule has 2 aromatic carbocycles. The molecular weight excluding hydrogens is 414 g/mol. The number of thioether (sulfide) groups is 1. The molecule has 7 heteroatoms. The molecule has 3 rings (SSSR count). The molecule has 0 aromatic heterocycles. The lowest BCUT2D eigenvalue weighted by Crippen LogP contribution is -2.33. The van der Waals surface area contributed by atoms with Gasteiger partial charge < -0.3 is 9.84 Å². The van der Waals surface area contributed by atoms with Gasteiger partial charge in [-0.2, -0.15) is 0 Å². The maximum atomic E-state index is 11.0. The third-order valence-electron chi connectivity index (χ3n) is 3.62. The van der Waals surface area contributed by atoms with Gasteiger partial charge in [0.05, 0.1) is 9.85 Å². The van der Waals surface area contributed by atoms with E-state index >= 15 is 0 Å². The van der Waals surface area contributed by atoms with E-state index in [1.165, 1.54) is 0 Å². The van der Waals surface area contributed by atoms with E-state index < -0.39 is 12.0 Å². The molecule has 0 aliphatic carbocycles. The summed E-state index contributed by atoms with van der Waals surface area (Å²) in [6, 6.07) is 12.8. The van der Waals surface area contributed by atoms with E-state index in [2.05, 4.69) is 21.2 Å². The monoisotopic (exact) mass is 427 g/mol. The van der Waals surface area contributed by atoms with Crippen molar-refractivity contribution in [1.82, 2.24) is 5.32 Å². The van der Waals surface area contributed by atoms with E-state index in [1.807, 2.05) is 42.5 Å². The lowest BCUT2D eigenvalue weighted by Gasteiger charge is -2.14. The maximum Gasteiger partial charge on any atom is 0.321 e. The van der Waals surface area contributed by atoms with Gasteiger partial charge in [0.2, 0.25) is 0 Å². The summed E-state index contributed by atoms with van der Waals surface area (Å²) in [5.74, 6) is 0.479. The standard InChI is InChI=1S/C17H15BrClNO3S/c18-13-7-11(16-20-14(9-24-16)17(21)22)4-5-15(13)23-8-10-2-1-3-12(19)6-10/h1-7,14,16,20H,8-9H2,(H,21,22). The van der Waals surface area contributed by atoms with E-state index in [4.69, 9.17) is 21.4 Å². The maximum absolute atomic E-state index is 11.0. The molecule has 1 saturated heterocycles. The zero-order chi connectivity index (χ0) is 17.1. The van der Waals surface area contributed by atoms with Crippen LogP contribution in [0.15, 0.2) is 46.9 Å². The van der Waals surface area contributed by atoms with Gasteiger partial charge in [-0.05, 0) is 51.3 Å². The van der Waals surface area contributed by atoms with Crippen molar-refractivity contribution in [2.75, 3.05) is 5.75 Å². The average Bonchev–Trinajstić information content (AvgIpc) is 3.04. The summed E-state index contributed by atoms with van der Waals surface area (Å²) < 4.78 is 6.66. The van der Waals surface area contributed by atoms with Gasteiger partial charge in [-0.15, -0.1) is 11.8 Å². The highest BCUT2D eigenvalue weighted by atomic mass is 79.9. The number of carboxylic acid groups (broad SMARTS) is 1. The molecule has 2 atom stereocenters. The summed E-state index contributed by atoms with van der Waals surface area (Å²) in [5, 5.41) is 12.8. The van der Waals surface area contributed by atoms with E-state index in [0.717, 1.165) is 21.3 Å². The van der Waals surface area contributed by atoms with Crippen LogP contribution < -0.4 is 10.1 Å². The van der Waals surface area contributed by atoms with Gasteiger partial charge >= 0.3 is 5.97 Å². The third-order valence-corrected chi connectivity index (χ3v) is 5.74. The Bertz CT molecular complexity index is 758. The Kier molecular flexibility index (Phi) is 5.71. The Morgan fingerprint density at radius 1 is 1.38 bits per heavy atom. The first-order valence-corrected chi connectivity index (χ1v) is 9.52. The summed E-state index contributed by atoms with van der Waals surface area (Å²) in [5.41, 5.74) is 2.02. The van der Waals surface area contributed by atoms with Crippen LogP contribution in [0.5, 0.6) is 5.75 Å². The Balaban J connectivity index is 1.66. The predicted molar refractivity (Wildman–Crippen MR) is 99.7 cm³/mol. The molecule has 0 saturated carbocycles. The fraction of sp³-hybridized carbons (Fsp3) is 0.235. The summed E-state index contributed by atoms with van der Waals surface area (Å²) >= 11 is 11.1. The lowest BCUT2D eigenvalue weighted by atomic mass is 10.2. The van der Waals surface area contributed by atoms with Crippen molar-refractivity contribution in [2.45, 2.75) is 18.0 Å². The van der Waals surface area contributed by atoms with Gasteiger partial charge in [0.15, 0.2) is 0 Å². The highest BCUT2D eigenvalue weighted by Gasteiger charge is 2.30. The molecule has 1 fully saturated rings. The van der Waals surface area contributed by atoms with Crippen molar-refractivity contribution in [3.05, 3.63) is 63.1 Å². The normalized spacial score (nSPS) is 20.1. The summed E-state index contributed by atoms with van der Waals surface area (Å²) in [7, 11) is 0. The summed E-state index contributed by atoms with van der Waals surface area (Å²) in [6.07, 6.45) is 0. The summed E-state index contributed by atoms with van der Waals surface area (Å²) in [6.45, 7) is 0.427. The van der Waals surface area contributed by atoms with E-state index in [0.29, 0.717) is 17.4 Å². The molecule has 0 spiro atoms. The second-order valence-corrected chi connectivity index (χ2v) is 7.81. The average molecular weight is 429 g/mol. The molecule has 2 aromatic rings. The molecule has 2 N–H and O–H groups in total. The number of aliphatic carboxylic acids is 1. The molecule has 1 aliphatic heterocycles. The van der Waals surface area contributed by atoms with Gasteiger partial charge in [-0.3, -0.25) is 10.1 Å². The Hall–Kier alpha value is -1.21. The van der Waals surface area contributed by atoms with Crippen molar-refractivity contribution in [3.63, 3.8) is 0 Å². The van der Waals surface area contributed by atoms with Crippen LogP contribution in [0.1, 0.15) is 16.5 Å². The largest absolute Gasteiger partial charge is 0.488 e. The van der Waals surface area contributed by atoms with E-state index in [1.54, 1.807) is 11.8 Å². The van der Waals surface area contributed by atoms with Crippen LogP contribution in [0.3, 0.4) is 0 Å². The summed E-state index contributed by atoms with van der Waals surface area (Å²) in [4.78, 5) is 11.0. The van der Waals surface area contributed by atoms with Crippen molar-refractivity contribution < 1.29 is 14.6 Å². The van der Waals surface area contributed by atoms with Crippen LogP contribution in [0.25, 0.3) is 0 Å². The van der Waals surface area contributed by atoms with Crippen LogP contribution in [0.4, 0.5) is 0 Å². The van der Waals surface area contributed by atoms with Gasteiger partial charge in [0.1, 0.15) is 18.4 Å². The minimum absolute atomic E-state index is 0.0237. The zero-order valence-electron chi connectivity index (χ0n) is 12.5. The molecule has 24 heavy (non-hydrogen) atoms. The SMILES string of the molecule is O=C(O)C1CSC(c2ccc(OCc3cccc(Cl)c3)c(Br)c2)N1. The molecule has 126 valence electrons. The van der Waals surface area contributed by atoms with E-state index in [-0.39, 0.29) is 5.37 Å². The predicted octanol–water partition coefficient (Wildman–Crippen LogP) is 4.47. The number of carboxylic acids is 1. The molecule has 0 amide bonds. The fourth-order valence-electron chi connectivity index (χ4n) is 2.39. The van der Waals surface area contributed by atoms with E-state index in [9.17, 15) is 4.79 Å². The lowest BCUT2D eigenvalue weighted by molar-refractivity contribution is -0.138. The number of ether oxygens (including phenoxy) is 1. The van der Waals surface area contributed by atoms with Crippen LogP contribution >= 0.6 is 39.3 Å². The van der Waals surface area contributed by atoms with Crippen molar-refractivity contribution >= 4 is 45.3 Å². The zero-order valence-corrected chi connectivity index (χ0v) is 15.7. The second-order valence-electron chi connectivity index (χ2n) is 5.38. The number of nitrogens with one attached hydrogen (secondary N) is 1. The number of hydrogen-bond donors (Lipinski definition) is 2. The smallest absolute Gasteiger partial charge is 0.321 e. The highest BCUT2D eigenvalue weighted by Crippen LogP contribution is 2.36. The first-order valence-electron chi connectivity index (χ1n) is 7.30. The molecule has 1 heterocycles. The fourth-order valence-corrected chi connectivity index (χ4v) is 4.34. The molecule has 4 nitrogen and oxygen atoms in total. The number of rotatable bonds is 5. The van der Waals surface area contributed by atoms with Crippen molar-refractivity contribution in [2.24, 2.45) is 0 Å². The van der Waals surface area contributed by atoms with Crippen molar-refractivity contribution in [3.8, 4) is 5.75 Å². The molecule has 1 aliphatic rings. The quantitative estimate of drug-likeness (QED) is 0.736. The van der Waals surface area contributed by atoms with Crippen molar-refractivity contribution in [1.29, 1.82) is 0 Å². The van der Waals surface area contributed by atoms with Gasteiger partial charge in [0, 0.05) is 10.8 Å². The Labute approximate surface area is 157 Å². The minimum atomic E-state index is -0.814. The van der Waals surface area contributed by atoms with Gasteiger partial charge in [-0.1, -0.05) is 29.8 Å². The molecule has 2 unspecified atom stereocenters. The van der Waals surface area contributed by atoms with Crippen LogP contribution in [-0.2, 0) is 11.4 Å². The highest BCUT2D eigenvalue weighted by molar-refractivity contribution is 9.10. The number of benzene rings is 2. The van der Waals surface area contributed by atoms with Crippen LogP contribution in [-0.4, -0.2) is 22.9 Å². The van der Waals surface area contributed by atoms with Gasteiger partial charge in [-0.25, -0.2) is 0 Å². The van der Waals surface area contributed by atoms with Gasteiger partial charge in [0.25, 0.3) is 0 Å². The Morgan fingerprint density at radius 3 is 2.88 bits per heavy atom.